The maximum absolute atomic E-state index is 13.4. The Hall–Kier alpha value is -2.28. The van der Waals surface area contributed by atoms with E-state index in [4.69, 9.17) is 4.74 Å². The van der Waals surface area contributed by atoms with Crippen molar-refractivity contribution in [2.24, 2.45) is 5.92 Å². The molecule has 7 heteroatoms. The number of likely N-dealkylation sites (tertiary alicyclic amines) is 1. The van der Waals surface area contributed by atoms with E-state index in [0.29, 0.717) is 18.6 Å². The number of amides is 1. The molecule has 7 rings (SSSR count). The van der Waals surface area contributed by atoms with Crippen LogP contribution in [0.5, 0.6) is 11.5 Å². The van der Waals surface area contributed by atoms with Gasteiger partial charge >= 0.3 is 0 Å². The normalized spacial score (nSPS) is 31.6. The van der Waals surface area contributed by atoms with Gasteiger partial charge in [0.25, 0.3) is 0 Å². The summed E-state index contributed by atoms with van der Waals surface area (Å²) < 4.78 is 6.66. The highest BCUT2D eigenvalue weighted by molar-refractivity contribution is 5.85. The quantitative estimate of drug-likeness (QED) is 0.418. The summed E-state index contributed by atoms with van der Waals surface area (Å²) in [7, 11) is 1.92. The van der Waals surface area contributed by atoms with Crippen LogP contribution in [-0.4, -0.2) is 69.8 Å². The fourth-order valence-electron chi connectivity index (χ4n) is 8.64. The predicted octanol–water partition coefficient (Wildman–Crippen LogP) is 5.01. The van der Waals surface area contributed by atoms with E-state index in [9.17, 15) is 15.0 Å². The van der Waals surface area contributed by atoms with E-state index in [1.807, 2.05) is 24.1 Å². The number of piperidine rings is 1. The fraction of sp³-hybridized carbons (Fsp3) is 0.606. The molecular weight excluding hydrogens is 524 g/mol. The SMILES string of the molecule is CN(C(=O)CCCCCc1ccccc1)C1CC[C@@]2(O)[C@H]3Cc4ccc(O)c5c4[C@@]2(CCN3CC2CC2)C1O5.Cl. The Labute approximate surface area is 244 Å². The van der Waals surface area contributed by atoms with Gasteiger partial charge in [-0.05, 0) is 87.4 Å². The van der Waals surface area contributed by atoms with Crippen LogP contribution in [0, 0.1) is 5.92 Å². The van der Waals surface area contributed by atoms with Gasteiger partial charge in [0.2, 0.25) is 5.91 Å². The van der Waals surface area contributed by atoms with Gasteiger partial charge in [0.1, 0.15) is 6.10 Å². The molecule has 2 aliphatic heterocycles. The number of ether oxygens (including phenoxy) is 1. The van der Waals surface area contributed by atoms with Gasteiger partial charge in [-0.15, -0.1) is 12.4 Å². The number of carbonyl (C=O) groups excluding carboxylic acids is 1. The molecule has 6 nitrogen and oxygen atoms in total. The fourth-order valence-corrected chi connectivity index (χ4v) is 8.64. The number of unbranched alkanes of at least 4 members (excludes halogenated alkanes) is 2. The molecule has 3 aliphatic carbocycles. The third kappa shape index (κ3) is 4.24. The third-order valence-corrected chi connectivity index (χ3v) is 10.8. The van der Waals surface area contributed by atoms with Gasteiger partial charge in [-0.1, -0.05) is 42.8 Å². The van der Waals surface area contributed by atoms with Gasteiger partial charge in [0, 0.05) is 31.6 Å². The molecule has 1 amide bonds. The summed E-state index contributed by atoms with van der Waals surface area (Å²) in [5, 5.41) is 23.5. The second kappa shape index (κ2) is 10.5. The van der Waals surface area contributed by atoms with E-state index in [-0.39, 0.29) is 42.3 Å². The first-order valence-corrected chi connectivity index (χ1v) is 15.2. The molecular formula is C33H43ClN2O4. The van der Waals surface area contributed by atoms with Gasteiger partial charge < -0.3 is 19.8 Å². The van der Waals surface area contributed by atoms with Crippen LogP contribution in [0.2, 0.25) is 0 Å². The highest BCUT2D eigenvalue weighted by atomic mass is 35.5. The smallest absolute Gasteiger partial charge is 0.222 e. The molecule has 216 valence electrons. The van der Waals surface area contributed by atoms with E-state index in [1.165, 1.54) is 24.0 Å². The highest BCUT2D eigenvalue weighted by Crippen LogP contribution is 2.66. The van der Waals surface area contributed by atoms with Gasteiger partial charge in [0.15, 0.2) is 11.5 Å². The molecule has 1 saturated heterocycles. The van der Waals surface area contributed by atoms with Crippen LogP contribution >= 0.6 is 12.4 Å². The van der Waals surface area contributed by atoms with Crippen molar-refractivity contribution in [2.75, 3.05) is 20.1 Å². The van der Waals surface area contributed by atoms with Crippen LogP contribution in [0.15, 0.2) is 42.5 Å². The number of carbonyl (C=O) groups is 1. The second-order valence-corrected chi connectivity index (χ2v) is 12.9. The number of phenols is 1. The average molecular weight is 567 g/mol. The van der Waals surface area contributed by atoms with E-state index in [1.54, 1.807) is 6.07 Å². The maximum Gasteiger partial charge on any atom is 0.222 e. The lowest BCUT2D eigenvalue weighted by atomic mass is 9.48. The van der Waals surface area contributed by atoms with Crippen molar-refractivity contribution in [2.45, 2.75) is 99.8 Å². The molecule has 2 N–H and O–H groups in total. The molecule has 2 heterocycles. The number of benzene rings is 2. The Kier molecular flexibility index (Phi) is 7.33. The van der Waals surface area contributed by atoms with E-state index in [0.717, 1.165) is 69.5 Å². The van der Waals surface area contributed by atoms with E-state index < -0.39 is 11.0 Å². The Balaban J connectivity index is 0.00000289. The van der Waals surface area contributed by atoms with Crippen LogP contribution in [0.3, 0.4) is 0 Å². The largest absolute Gasteiger partial charge is 0.504 e. The second-order valence-electron chi connectivity index (χ2n) is 12.9. The van der Waals surface area contributed by atoms with Crippen molar-refractivity contribution in [3.63, 3.8) is 0 Å². The number of aryl methyl sites for hydroxylation is 1. The summed E-state index contributed by atoms with van der Waals surface area (Å²) in [5.41, 5.74) is 2.10. The number of nitrogens with zero attached hydrogens (tertiary/aromatic N) is 2. The Bertz CT molecular complexity index is 1250. The number of hydrogen-bond acceptors (Lipinski definition) is 5. The molecule has 5 atom stereocenters. The minimum Gasteiger partial charge on any atom is -0.504 e. The Morgan fingerprint density at radius 1 is 1.07 bits per heavy atom. The summed E-state index contributed by atoms with van der Waals surface area (Å²) >= 11 is 0. The van der Waals surface area contributed by atoms with Crippen LogP contribution in [0.25, 0.3) is 0 Å². The van der Waals surface area contributed by atoms with Gasteiger partial charge in [-0.2, -0.15) is 0 Å². The topological polar surface area (TPSA) is 73.2 Å². The van der Waals surface area contributed by atoms with Crippen molar-refractivity contribution >= 4 is 18.3 Å². The molecule has 1 spiro atoms. The lowest BCUT2D eigenvalue weighted by Crippen LogP contribution is -2.78. The molecule has 2 saturated carbocycles. The zero-order chi connectivity index (χ0) is 26.8. The average Bonchev–Trinajstić information content (AvgIpc) is 3.68. The summed E-state index contributed by atoms with van der Waals surface area (Å²) in [6, 6.07) is 14.3. The van der Waals surface area contributed by atoms with Crippen LogP contribution in [-0.2, 0) is 23.1 Å². The number of aliphatic hydroxyl groups is 1. The van der Waals surface area contributed by atoms with E-state index in [2.05, 4.69) is 29.2 Å². The molecule has 0 aromatic heterocycles. The number of phenolic OH excluding ortho intramolecular Hbond substituents is 1. The van der Waals surface area contributed by atoms with Gasteiger partial charge in [0.05, 0.1) is 17.1 Å². The summed E-state index contributed by atoms with van der Waals surface area (Å²) in [6.45, 7) is 2.00. The lowest BCUT2D eigenvalue weighted by Gasteiger charge is -2.64. The number of hydrogen-bond donors (Lipinski definition) is 2. The molecule has 2 bridgehead atoms. The zero-order valence-electron chi connectivity index (χ0n) is 23.6. The minimum atomic E-state index is -0.908. The Morgan fingerprint density at radius 2 is 1.88 bits per heavy atom. The van der Waals surface area contributed by atoms with Crippen LogP contribution in [0.1, 0.15) is 74.5 Å². The minimum absolute atomic E-state index is 0. The van der Waals surface area contributed by atoms with Crippen molar-refractivity contribution in [3.8, 4) is 11.5 Å². The molecule has 5 aliphatic rings. The number of likely N-dealkylation sites (N-methyl/N-ethyl adjacent to an activating group) is 1. The number of aromatic hydroxyl groups is 1. The molecule has 2 aromatic carbocycles. The third-order valence-electron chi connectivity index (χ3n) is 10.8. The van der Waals surface area contributed by atoms with Crippen LogP contribution in [0.4, 0.5) is 0 Å². The first-order valence-electron chi connectivity index (χ1n) is 15.2. The lowest BCUT2D eigenvalue weighted by molar-refractivity contribution is -0.200. The molecule has 2 unspecified atom stereocenters. The number of rotatable bonds is 9. The first-order chi connectivity index (χ1) is 18.9. The predicted molar refractivity (Wildman–Crippen MR) is 157 cm³/mol. The highest BCUT2D eigenvalue weighted by Gasteiger charge is 2.73. The van der Waals surface area contributed by atoms with Crippen molar-refractivity contribution < 1.29 is 19.7 Å². The molecule has 0 radical (unpaired) electrons. The summed E-state index contributed by atoms with van der Waals surface area (Å²) in [6.07, 6.45) is 9.83. The van der Waals surface area contributed by atoms with Crippen LogP contribution < -0.4 is 4.74 Å². The summed E-state index contributed by atoms with van der Waals surface area (Å²) in [4.78, 5) is 17.9. The van der Waals surface area contributed by atoms with Gasteiger partial charge in [-0.3, -0.25) is 9.69 Å². The van der Waals surface area contributed by atoms with Crippen molar-refractivity contribution in [1.29, 1.82) is 0 Å². The first kappa shape index (κ1) is 27.9. The number of halogens is 1. The Morgan fingerprint density at radius 3 is 2.65 bits per heavy atom. The monoisotopic (exact) mass is 566 g/mol. The van der Waals surface area contributed by atoms with Gasteiger partial charge in [-0.25, -0.2) is 0 Å². The summed E-state index contributed by atoms with van der Waals surface area (Å²) in [5.74, 6) is 1.63. The maximum atomic E-state index is 13.4. The van der Waals surface area contributed by atoms with E-state index >= 15 is 0 Å². The van der Waals surface area contributed by atoms with Crippen molar-refractivity contribution in [1.82, 2.24) is 9.80 Å². The molecule has 3 fully saturated rings. The molecule has 40 heavy (non-hydrogen) atoms. The standard InChI is InChI=1S/C33H42N2O4.ClH/c1-34(28(37)11-7-3-6-10-22-8-4-2-5-9-22)25-16-17-33(38)27-20-24-14-15-26(36)30-29(24)32(33,31(25)39-30)18-19-35(27)21-23-12-13-23;/h2,4-5,8-9,14-15,23,25,27,31,36,38H,3,6-7,10-13,16-21H2,1H3;1H/t25?,27-,31?,32+,33-;/m1./s1. The zero-order valence-corrected chi connectivity index (χ0v) is 24.4. The van der Waals surface area contributed by atoms with Crippen molar-refractivity contribution in [3.05, 3.63) is 59.2 Å². The molecule has 2 aromatic rings.